The van der Waals surface area contributed by atoms with Crippen LogP contribution in [-0.2, 0) is 18.7 Å². The molecule has 0 amide bonds. The van der Waals surface area contributed by atoms with E-state index >= 15 is 0 Å². The Labute approximate surface area is 154 Å². The Hall–Kier alpha value is -1.99. The molecule has 0 atom stereocenters. The summed E-state index contributed by atoms with van der Waals surface area (Å²) in [5.74, 6) is 2.02. The maximum atomic E-state index is 9.83. The highest BCUT2D eigenvalue weighted by molar-refractivity contribution is 7.99. The van der Waals surface area contributed by atoms with Gasteiger partial charge in [-0.25, -0.2) is 4.98 Å². The lowest BCUT2D eigenvalue weighted by molar-refractivity contribution is 0.681. The maximum absolute atomic E-state index is 9.83. The number of pyridine rings is 1. The molecule has 0 spiro atoms. The van der Waals surface area contributed by atoms with E-state index in [-0.39, 0.29) is 4.75 Å². The molecule has 2 aromatic rings. The van der Waals surface area contributed by atoms with Crippen LogP contribution < -0.4 is 5.32 Å². The van der Waals surface area contributed by atoms with E-state index in [1.807, 2.05) is 30.0 Å². The zero-order chi connectivity index (χ0) is 18.0. The molecular formula is C21H25N3S. The van der Waals surface area contributed by atoms with Crippen LogP contribution in [0.4, 0.5) is 5.82 Å². The van der Waals surface area contributed by atoms with Crippen molar-refractivity contribution in [1.29, 1.82) is 5.26 Å². The Morgan fingerprint density at radius 1 is 1.24 bits per heavy atom. The number of aromatic nitrogens is 1. The normalized spacial score (nSPS) is 15.5. The van der Waals surface area contributed by atoms with Crippen LogP contribution >= 0.6 is 11.8 Å². The maximum Gasteiger partial charge on any atom is 0.144 e. The predicted octanol–water partition coefficient (Wildman–Crippen LogP) is 5.26. The Morgan fingerprint density at radius 3 is 2.60 bits per heavy atom. The van der Waals surface area contributed by atoms with Gasteiger partial charge in [0.1, 0.15) is 11.9 Å². The first-order valence-corrected chi connectivity index (χ1v) is 9.77. The molecule has 0 fully saturated rings. The molecule has 0 radical (unpaired) electrons. The van der Waals surface area contributed by atoms with Crippen LogP contribution in [0.1, 0.15) is 61.6 Å². The molecule has 25 heavy (non-hydrogen) atoms. The Kier molecular flexibility index (Phi) is 5.06. The molecule has 1 aromatic heterocycles. The second kappa shape index (κ2) is 7.09. The molecule has 3 rings (SSSR count). The molecule has 0 bridgehead atoms. The molecule has 1 N–H and O–H groups in total. The highest BCUT2D eigenvalue weighted by Crippen LogP contribution is 2.43. The third kappa shape index (κ3) is 3.82. The van der Waals surface area contributed by atoms with Crippen molar-refractivity contribution in [2.75, 3.05) is 5.32 Å². The Morgan fingerprint density at radius 2 is 1.96 bits per heavy atom. The van der Waals surface area contributed by atoms with E-state index in [4.69, 9.17) is 4.98 Å². The highest BCUT2D eigenvalue weighted by Gasteiger charge is 2.32. The second-order valence-corrected chi connectivity index (χ2v) is 9.19. The van der Waals surface area contributed by atoms with Crippen LogP contribution in [0, 0.1) is 11.3 Å². The van der Waals surface area contributed by atoms with Gasteiger partial charge >= 0.3 is 0 Å². The molecular weight excluding hydrogens is 326 g/mol. The van der Waals surface area contributed by atoms with E-state index < -0.39 is 0 Å². The number of fused-ring (bicyclic) bond motifs is 1. The van der Waals surface area contributed by atoms with Gasteiger partial charge in [-0.05, 0) is 29.0 Å². The smallest absolute Gasteiger partial charge is 0.144 e. The quantitative estimate of drug-likeness (QED) is 0.816. The molecule has 0 saturated carbocycles. The third-order valence-electron chi connectivity index (χ3n) is 4.62. The molecule has 0 saturated heterocycles. The van der Waals surface area contributed by atoms with Gasteiger partial charge in [-0.2, -0.15) is 17.0 Å². The number of benzene rings is 1. The summed E-state index contributed by atoms with van der Waals surface area (Å²) in [6, 6.07) is 12.7. The van der Waals surface area contributed by atoms with Crippen LogP contribution in [0.3, 0.4) is 0 Å². The topological polar surface area (TPSA) is 48.7 Å². The average Bonchev–Trinajstić information content (AvgIpc) is 2.58. The van der Waals surface area contributed by atoms with Gasteiger partial charge in [0, 0.05) is 22.7 Å². The zero-order valence-electron chi connectivity index (χ0n) is 15.4. The van der Waals surface area contributed by atoms with E-state index in [9.17, 15) is 5.26 Å². The van der Waals surface area contributed by atoms with Gasteiger partial charge in [-0.1, -0.05) is 58.0 Å². The standard InChI is InChI=1S/C21H25N3S/c1-14(2)19-18-13-25-21(3,4)10-16(18)17(11-22)20(24-19)23-12-15-8-6-5-7-9-15/h5-9,14H,10,12-13H2,1-4H3,(H,23,24). The van der Waals surface area contributed by atoms with Gasteiger partial charge in [0.2, 0.25) is 0 Å². The van der Waals surface area contributed by atoms with Crippen molar-refractivity contribution in [2.45, 2.75) is 57.1 Å². The van der Waals surface area contributed by atoms with Crippen molar-refractivity contribution in [2.24, 2.45) is 0 Å². The fraction of sp³-hybridized carbons (Fsp3) is 0.429. The number of nitriles is 1. The van der Waals surface area contributed by atoms with Crippen molar-refractivity contribution in [1.82, 2.24) is 4.98 Å². The number of thioether (sulfide) groups is 1. The average molecular weight is 352 g/mol. The van der Waals surface area contributed by atoms with Crippen LogP contribution in [0.25, 0.3) is 0 Å². The van der Waals surface area contributed by atoms with Gasteiger partial charge in [-0.15, -0.1) is 0 Å². The molecule has 0 unspecified atom stereocenters. The summed E-state index contributed by atoms with van der Waals surface area (Å²) in [6.45, 7) is 9.56. The van der Waals surface area contributed by atoms with Crippen molar-refractivity contribution in [3.63, 3.8) is 0 Å². The fourth-order valence-corrected chi connectivity index (χ4v) is 4.40. The third-order valence-corrected chi connectivity index (χ3v) is 5.97. The Bertz CT molecular complexity index is 804. The first-order valence-electron chi connectivity index (χ1n) is 8.79. The largest absolute Gasteiger partial charge is 0.365 e. The van der Waals surface area contributed by atoms with Crippen LogP contribution in [0.15, 0.2) is 30.3 Å². The molecule has 4 heteroatoms. The fourth-order valence-electron chi connectivity index (χ4n) is 3.30. The van der Waals surface area contributed by atoms with E-state index in [0.29, 0.717) is 12.5 Å². The number of nitrogens with zero attached hydrogens (tertiary/aromatic N) is 2. The molecule has 1 aliphatic rings. The summed E-state index contributed by atoms with van der Waals surface area (Å²) in [5.41, 5.74) is 5.52. The first kappa shape index (κ1) is 17.8. The van der Waals surface area contributed by atoms with Gasteiger partial charge in [0.15, 0.2) is 0 Å². The molecule has 130 valence electrons. The van der Waals surface area contributed by atoms with Crippen molar-refractivity contribution in [3.05, 3.63) is 58.3 Å². The summed E-state index contributed by atoms with van der Waals surface area (Å²) in [4.78, 5) is 4.87. The summed E-state index contributed by atoms with van der Waals surface area (Å²) in [6.07, 6.45) is 0.915. The Balaban J connectivity index is 2.03. The SMILES string of the molecule is CC(C)c1nc(NCc2ccccc2)c(C#N)c2c1CSC(C)(C)C2. The summed E-state index contributed by atoms with van der Waals surface area (Å²) < 4.78 is 0.158. The number of rotatable bonds is 4. The number of anilines is 1. The summed E-state index contributed by atoms with van der Waals surface area (Å²) in [5, 5.41) is 13.2. The van der Waals surface area contributed by atoms with E-state index in [0.717, 1.165) is 29.2 Å². The predicted molar refractivity (Wildman–Crippen MR) is 106 cm³/mol. The minimum atomic E-state index is 0.158. The van der Waals surface area contributed by atoms with Crippen LogP contribution in [-0.4, -0.2) is 9.73 Å². The molecule has 1 aliphatic heterocycles. The minimum Gasteiger partial charge on any atom is -0.365 e. The number of hydrogen-bond acceptors (Lipinski definition) is 4. The van der Waals surface area contributed by atoms with Gasteiger partial charge < -0.3 is 5.32 Å². The van der Waals surface area contributed by atoms with Crippen LogP contribution in [0.5, 0.6) is 0 Å². The monoisotopic (exact) mass is 351 g/mol. The van der Waals surface area contributed by atoms with Crippen molar-refractivity contribution in [3.8, 4) is 6.07 Å². The van der Waals surface area contributed by atoms with E-state index in [1.165, 1.54) is 16.7 Å². The highest BCUT2D eigenvalue weighted by atomic mass is 32.2. The zero-order valence-corrected chi connectivity index (χ0v) is 16.2. The van der Waals surface area contributed by atoms with Gasteiger partial charge in [0.25, 0.3) is 0 Å². The lowest BCUT2D eigenvalue weighted by Gasteiger charge is -2.33. The van der Waals surface area contributed by atoms with Gasteiger partial charge in [0.05, 0.1) is 5.56 Å². The van der Waals surface area contributed by atoms with Crippen molar-refractivity contribution >= 4 is 17.6 Å². The van der Waals surface area contributed by atoms with Crippen LogP contribution in [0.2, 0.25) is 0 Å². The molecule has 2 heterocycles. The van der Waals surface area contributed by atoms with E-state index in [2.05, 4.69) is 51.2 Å². The first-order chi connectivity index (χ1) is 11.9. The number of nitrogens with one attached hydrogen (secondary N) is 1. The lowest BCUT2D eigenvalue weighted by atomic mass is 9.90. The van der Waals surface area contributed by atoms with E-state index in [1.54, 1.807) is 0 Å². The minimum absolute atomic E-state index is 0.158. The second-order valence-electron chi connectivity index (χ2n) is 7.51. The molecule has 3 nitrogen and oxygen atoms in total. The molecule has 0 aliphatic carbocycles. The summed E-state index contributed by atoms with van der Waals surface area (Å²) in [7, 11) is 0. The molecule has 1 aromatic carbocycles. The van der Waals surface area contributed by atoms with Crippen molar-refractivity contribution < 1.29 is 0 Å². The number of hydrogen-bond donors (Lipinski definition) is 1. The summed E-state index contributed by atoms with van der Waals surface area (Å²) >= 11 is 1.96. The van der Waals surface area contributed by atoms with Gasteiger partial charge in [-0.3, -0.25) is 0 Å². The lowest BCUT2D eigenvalue weighted by Crippen LogP contribution is -2.27.